The van der Waals surface area contributed by atoms with Crippen LogP contribution >= 0.6 is 11.3 Å². The Morgan fingerprint density at radius 1 is 1.20 bits per heavy atom. The predicted octanol–water partition coefficient (Wildman–Crippen LogP) is 4.09. The third-order valence-electron chi connectivity index (χ3n) is 5.70. The molecule has 4 nitrogen and oxygen atoms in total. The standard InChI is InChI=1S/C20H26N2O2S/c1-15-6-11-25-18(15)19(23)22-10-8-20(14-22)7-3-9-21(13-20)12-17-5-4-16(2)24-17/h4-6,11H,3,7-10,12-14H2,1-2H3. The number of thiophene rings is 1. The van der Waals surface area contributed by atoms with Crippen LogP contribution < -0.4 is 0 Å². The topological polar surface area (TPSA) is 36.7 Å². The van der Waals surface area contributed by atoms with E-state index in [1.165, 1.54) is 12.8 Å². The van der Waals surface area contributed by atoms with Crippen molar-refractivity contribution in [3.8, 4) is 0 Å². The third-order valence-corrected chi connectivity index (χ3v) is 6.70. The molecular formula is C20H26N2O2S. The number of carbonyl (C=O) groups is 1. The minimum absolute atomic E-state index is 0.225. The Hall–Kier alpha value is -1.59. The van der Waals surface area contributed by atoms with Gasteiger partial charge in [-0.3, -0.25) is 9.69 Å². The molecule has 1 atom stereocenters. The van der Waals surface area contributed by atoms with Gasteiger partial charge in [0.25, 0.3) is 5.91 Å². The van der Waals surface area contributed by atoms with E-state index in [-0.39, 0.29) is 11.3 Å². The van der Waals surface area contributed by atoms with Crippen molar-refractivity contribution in [1.29, 1.82) is 0 Å². The number of rotatable bonds is 3. The molecule has 4 heterocycles. The SMILES string of the molecule is Cc1ccc(CN2CCCC3(CCN(C(=O)c4sccc4C)C3)C2)o1. The van der Waals surface area contributed by atoms with Gasteiger partial charge < -0.3 is 9.32 Å². The van der Waals surface area contributed by atoms with Gasteiger partial charge in [-0.2, -0.15) is 0 Å². The second-order valence-electron chi connectivity index (χ2n) is 7.74. The highest BCUT2D eigenvalue weighted by atomic mass is 32.1. The van der Waals surface area contributed by atoms with Crippen molar-refractivity contribution in [3.63, 3.8) is 0 Å². The smallest absolute Gasteiger partial charge is 0.264 e. The highest BCUT2D eigenvalue weighted by molar-refractivity contribution is 7.12. The Morgan fingerprint density at radius 2 is 2.08 bits per heavy atom. The zero-order valence-electron chi connectivity index (χ0n) is 15.1. The summed E-state index contributed by atoms with van der Waals surface area (Å²) < 4.78 is 5.75. The molecule has 2 aromatic rings. The molecule has 0 bridgehead atoms. The minimum atomic E-state index is 0.225. The van der Waals surface area contributed by atoms with E-state index in [9.17, 15) is 4.79 Å². The van der Waals surface area contributed by atoms with Gasteiger partial charge in [0, 0.05) is 25.0 Å². The minimum Gasteiger partial charge on any atom is -0.465 e. The largest absolute Gasteiger partial charge is 0.465 e. The molecule has 1 unspecified atom stereocenters. The normalized spacial score (nSPS) is 24.3. The van der Waals surface area contributed by atoms with Crippen molar-refractivity contribution in [3.05, 3.63) is 45.5 Å². The van der Waals surface area contributed by atoms with Gasteiger partial charge in [0.2, 0.25) is 0 Å². The highest BCUT2D eigenvalue weighted by Gasteiger charge is 2.43. The zero-order chi connectivity index (χ0) is 17.4. The maximum atomic E-state index is 12.8. The lowest BCUT2D eigenvalue weighted by Gasteiger charge is -2.40. The van der Waals surface area contributed by atoms with Crippen LogP contribution in [0.25, 0.3) is 0 Å². The Bertz CT molecular complexity index is 765. The number of hydrogen-bond donors (Lipinski definition) is 0. The van der Waals surface area contributed by atoms with Crippen LogP contribution in [0.2, 0.25) is 0 Å². The van der Waals surface area contributed by atoms with E-state index in [1.54, 1.807) is 11.3 Å². The maximum Gasteiger partial charge on any atom is 0.264 e. The summed E-state index contributed by atoms with van der Waals surface area (Å²) in [5.41, 5.74) is 1.37. The van der Waals surface area contributed by atoms with Gasteiger partial charge in [0.15, 0.2) is 0 Å². The molecule has 0 saturated carbocycles. The fourth-order valence-corrected chi connectivity index (χ4v) is 5.30. The second kappa shape index (κ2) is 6.61. The fourth-order valence-electron chi connectivity index (χ4n) is 4.41. The molecule has 0 radical (unpaired) electrons. The Morgan fingerprint density at radius 3 is 2.80 bits per heavy atom. The molecule has 1 spiro atoms. The summed E-state index contributed by atoms with van der Waals surface area (Å²) in [6, 6.07) is 6.16. The van der Waals surface area contributed by atoms with Crippen LogP contribution in [0, 0.1) is 19.3 Å². The van der Waals surface area contributed by atoms with Crippen LogP contribution in [0.5, 0.6) is 0 Å². The molecule has 0 aromatic carbocycles. The van der Waals surface area contributed by atoms with E-state index < -0.39 is 0 Å². The van der Waals surface area contributed by atoms with E-state index in [0.29, 0.717) is 0 Å². The second-order valence-corrected chi connectivity index (χ2v) is 8.65. The molecule has 0 N–H and O–H groups in total. The van der Waals surface area contributed by atoms with Crippen molar-refractivity contribution in [1.82, 2.24) is 9.80 Å². The Balaban J connectivity index is 1.42. The first-order valence-corrected chi connectivity index (χ1v) is 10.0. The quantitative estimate of drug-likeness (QED) is 0.829. The number of furan rings is 1. The van der Waals surface area contributed by atoms with Gasteiger partial charge in [-0.1, -0.05) is 0 Å². The van der Waals surface area contributed by atoms with Crippen LogP contribution in [0.4, 0.5) is 0 Å². The van der Waals surface area contributed by atoms with E-state index in [2.05, 4.69) is 15.9 Å². The van der Waals surface area contributed by atoms with Crippen LogP contribution in [0.15, 0.2) is 28.0 Å². The summed E-state index contributed by atoms with van der Waals surface area (Å²) >= 11 is 1.57. The van der Waals surface area contributed by atoms with Gasteiger partial charge in [-0.05, 0) is 68.8 Å². The van der Waals surface area contributed by atoms with Crippen molar-refractivity contribution in [2.45, 2.75) is 39.7 Å². The maximum absolute atomic E-state index is 12.8. The lowest BCUT2D eigenvalue weighted by molar-refractivity contribution is 0.0661. The monoisotopic (exact) mass is 358 g/mol. The van der Waals surface area contributed by atoms with E-state index in [4.69, 9.17) is 4.42 Å². The molecule has 2 saturated heterocycles. The molecule has 2 fully saturated rings. The van der Waals surface area contributed by atoms with Crippen LogP contribution in [0.3, 0.4) is 0 Å². The first-order valence-electron chi connectivity index (χ1n) is 9.16. The molecule has 1 amide bonds. The number of piperidine rings is 1. The first kappa shape index (κ1) is 16.9. The molecular weight excluding hydrogens is 332 g/mol. The Kier molecular flexibility index (Phi) is 4.46. The molecule has 25 heavy (non-hydrogen) atoms. The lowest BCUT2D eigenvalue weighted by atomic mass is 9.79. The average Bonchev–Trinajstić information content (AvgIpc) is 3.29. The molecule has 2 aromatic heterocycles. The lowest BCUT2D eigenvalue weighted by Crippen LogP contribution is -2.44. The zero-order valence-corrected chi connectivity index (χ0v) is 15.9. The number of hydrogen-bond acceptors (Lipinski definition) is 4. The predicted molar refractivity (Wildman–Crippen MR) is 100.0 cm³/mol. The van der Waals surface area contributed by atoms with E-state index >= 15 is 0 Å². The van der Waals surface area contributed by atoms with Crippen LogP contribution in [-0.4, -0.2) is 41.9 Å². The third kappa shape index (κ3) is 3.40. The number of likely N-dealkylation sites (tertiary alicyclic amines) is 2. The number of aryl methyl sites for hydroxylation is 2. The van der Waals surface area contributed by atoms with Gasteiger partial charge in [0.1, 0.15) is 11.5 Å². The van der Waals surface area contributed by atoms with Crippen molar-refractivity contribution >= 4 is 17.2 Å². The number of amides is 1. The van der Waals surface area contributed by atoms with Crippen molar-refractivity contribution in [2.75, 3.05) is 26.2 Å². The number of carbonyl (C=O) groups excluding carboxylic acids is 1. The summed E-state index contributed by atoms with van der Waals surface area (Å²) in [5, 5.41) is 2.02. The Labute approximate surface area is 153 Å². The molecule has 134 valence electrons. The summed E-state index contributed by atoms with van der Waals surface area (Å²) in [6.45, 7) is 8.89. The molecule has 4 rings (SSSR count). The highest BCUT2D eigenvalue weighted by Crippen LogP contribution is 2.40. The van der Waals surface area contributed by atoms with Crippen molar-refractivity contribution < 1.29 is 9.21 Å². The first-order chi connectivity index (χ1) is 12.0. The number of nitrogens with zero attached hydrogens (tertiary/aromatic N) is 2. The molecule has 2 aliphatic rings. The van der Waals surface area contributed by atoms with Gasteiger partial charge >= 0.3 is 0 Å². The molecule has 2 aliphatic heterocycles. The summed E-state index contributed by atoms with van der Waals surface area (Å²) in [6.07, 6.45) is 3.56. The summed E-state index contributed by atoms with van der Waals surface area (Å²) in [4.78, 5) is 18.3. The summed E-state index contributed by atoms with van der Waals surface area (Å²) in [5.74, 6) is 2.25. The van der Waals surface area contributed by atoms with Gasteiger partial charge in [-0.25, -0.2) is 0 Å². The van der Waals surface area contributed by atoms with Crippen molar-refractivity contribution in [2.24, 2.45) is 5.41 Å². The summed E-state index contributed by atoms with van der Waals surface area (Å²) in [7, 11) is 0. The average molecular weight is 359 g/mol. The van der Waals surface area contributed by atoms with E-state index in [1.807, 2.05) is 31.4 Å². The van der Waals surface area contributed by atoms with E-state index in [0.717, 1.165) is 61.1 Å². The van der Waals surface area contributed by atoms with Gasteiger partial charge in [0.05, 0.1) is 11.4 Å². The molecule has 5 heteroatoms. The molecule has 0 aliphatic carbocycles. The van der Waals surface area contributed by atoms with Crippen LogP contribution in [-0.2, 0) is 6.54 Å². The fraction of sp³-hybridized carbons (Fsp3) is 0.550. The van der Waals surface area contributed by atoms with Crippen LogP contribution in [0.1, 0.15) is 46.0 Å². The van der Waals surface area contributed by atoms with Gasteiger partial charge in [-0.15, -0.1) is 11.3 Å².